The monoisotopic (exact) mass is 175 g/mol. The summed E-state index contributed by atoms with van der Waals surface area (Å²) >= 11 is 0. The van der Waals surface area contributed by atoms with Crippen LogP contribution in [0.1, 0.15) is 27.2 Å². The van der Waals surface area contributed by atoms with Crippen molar-refractivity contribution in [1.82, 2.24) is 5.32 Å². The molecule has 0 heterocycles. The first-order chi connectivity index (χ1) is 4.56. The van der Waals surface area contributed by atoms with Crippen molar-refractivity contribution in [2.75, 3.05) is 13.1 Å². The van der Waals surface area contributed by atoms with Gasteiger partial charge in [-0.05, 0) is 5.41 Å². The molecule has 0 spiro atoms. The molecular weight excluding hydrogens is 158 g/mol. The minimum atomic E-state index is 0. The quantitative estimate of drug-likeness (QED) is 0.512. The molecule has 0 aromatic rings. The van der Waals surface area contributed by atoms with Crippen LogP contribution in [-0.2, 0) is 0 Å². The van der Waals surface area contributed by atoms with E-state index in [1.165, 1.54) is 0 Å². The second kappa shape index (κ2) is 6.52. The highest BCUT2D eigenvalue weighted by Crippen LogP contribution is 2.09. The molecule has 0 fully saturated rings. The summed E-state index contributed by atoms with van der Waals surface area (Å²) < 4.78 is 0. The molecule has 0 amide bonds. The van der Waals surface area contributed by atoms with E-state index in [1.54, 1.807) is 0 Å². The topological polar surface area (TPSA) is 12.0 Å². The van der Waals surface area contributed by atoms with Gasteiger partial charge in [0.15, 0.2) is 0 Å². The van der Waals surface area contributed by atoms with Crippen LogP contribution in [0.5, 0.6) is 0 Å². The van der Waals surface area contributed by atoms with Gasteiger partial charge in [-0.1, -0.05) is 20.8 Å². The van der Waals surface area contributed by atoms with E-state index >= 15 is 0 Å². The maximum atomic E-state index is 5.09. The van der Waals surface area contributed by atoms with Gasteiger partial charge in [-0.2, -0.15) is 0 Å². The molecule has 1 nitrogen and oxygen atoms in total. The number of terminal acetylenes is 1. The number of halogens is 1. The minimum Gasteiger partial charge on any atom is -0.315 e. The van der Waals surface area contributed by atoms with Crippen LogP contribution in [-0.4, -0.2) is 13.1 Å². The summed E-state index contributed by atoms with van der Waals surface area (Å²) in [6, 6.07) is 0. The molecule has 0 aromatic heterocycles. The summed E-state index contributed by atoms with van der Waals surface area (Å²) in [6.07, 6.45) is 5.92. The van der Waals surface area contributed by atoms with Gasteiger partial charge in [0.25, 0.3) is 0 Å². The number of nitrogens with one attached hydrogen (secondary N) is 1. The third-order valence-electron chi connectivity index (χ3n) is 1.10. The predicted octanol–water partition coefficient (Wildman–Crippen LogP) is 2.07. The van der Waals surface area contributed by atoms with Crippen molar-refractivity contribution in [3.8, 4) is 12.3 Å². The van der Waals surface area contributed by atoms with Gasteiger partial charge in [-0.15, -0.1) is 24.8 Å². The highest BCUT2D eigenvalue weighted by molar-refractivity contribution is 5.85. The zero-order chi connectivity index (χ0) is 8.04. The van der Waals surface area contributed by atoms with Gasteiger partial charge in [-0.25, -0.2) is 0 Å². The molecule has 0 aliphatic carbocycles. The lowest BCUT2D eigenvalue weighted by Gasteiger charge is -2.17. The Hall–Kier alpha value is -0.190. The van der Waals surface area contributed by atoms with Gasteiger partial charge in [0.2, 0.25) is 0 Å². The Balaban J connectivity index is 0. The summed E-state index contributed by atoms with van der Waals surface area (Å²) in [7, 11) is 0. The van der Waals surface area contributed by atoms with Crippen molar-refractivity contribution in [2.45, 2.75) is 27.2 Å². The van der Waals surface area contributed by atoms with E-state index in [0.717, 1.165) is 19.5 Å². The number of hydrogen-bond donors (Lipinski definition) is 1. The van der Waals surface area contributed by atoms with Crippen molar-refractivity contribution < 1.29 is 0 Å². The van der Waals surface area contributed by atoms with Crippen molar-refractivity contribution >= 4 is 12.4 Å². The Morgan fingerprint density at radius 2 is 1.91 bits per heavy atom. The highest BCUT2D eigenvalue weighted by atomic mass is 35.5. The Kier molecular flexibility index (Phi) is 7.94. The largest absolute Gasteiger partial charge is 0.315 e. The van der Waals surface area contributed by atoms with Crippen LogP contribution in [0.15, 0.2) is 0 Å². The van der Waals surface area contributed by atoms with E-state index < -0.39 is 0 Å². The maximum absolute atomic E-state index is 5.09. The normalized spacial score (nSPS) is 10.0. The summed E-state index contributed by atoms with van der Waals surface area (Å²) in [5.41, 5.74) is 0.370. The van der Waals surface area contributed by atoms with Crippen LogP contribution < -0.4 is 5.32 Å². The zero-order valence-corrected chi connectivity index (χ0v) is 8.42. The molecule has 0 radical (unpaired) electrons. The Morgan fingerprint density at radius 3 is 2.27 bits per heavy atom. The molecule has 0 aliphatic rings. The summed E-state index contributed by atoms with van der Waals surface area (Å²) in [5.74, 6) is 2.59. The Labute approximate surface area is 76.4 Å². The summed E-state index contributed by atoms with van der Waals surface area (Å²) in [6.45, 7) is 8.59. The molecule has 66 valence electrons. The first kappa shape index (κ1) is 13.4. The van der Waals surface area contributed by atoms with Gasteiger partial charge in [0.05, 0.1) is 0 Å². The van der Waals surface area contributed by atoms with Crippen molar-refractivity contribution in [3.05, 3.63) is 0 Å². The molecule has 0 aromatic carbocycles. The van der Waals surface area contributed by atoms with Gasteiger partial charge >= 0.3 is 0 Å². The lowest BCUT2D eigenvalue weighted by Crippen LogP contribution is -2.27. The fraction of sp³-hybridized carbons (Fsp3) is 0.778. The molecule has 11 heavy (non-hydrogen) atoms. The van der Waals surface area contributed by atoms with Crippen LogP contribution in [0.3, 0.4) is 0 Å². The second-order valence-electron chi connectivity index (χ2n) is 3.69. The van der Waals surface area contributed by atoms with Gasteiger partial charge in [0, 0.05) is 19.5 Å². The maximum Gasteiger partial charge on any atom is 0.0211 e. The third-order valence-corrected chi connectivity index (χ3v) is 1.10. The number of hydrogen-bond acceptors (Lipinski definition) is 1. The fourth-order valence-corrected chi connectivity index (χ4v) is 0.624. The molecule has 0 atom stereocenters. The lowest BCUT2D eigenvalue weighted by atomic mass is 9.97. The predicted molar refractivity (Wildman–Crippen MR) is 53.0 cm³/mol. The third kappa shape index (κ3) is 12.9. The average molecular weight is 176 g/mol. The Morgan fingerprint density at radius 1 is 1.36 bits per heavy atom. The highest BCUT2D eigenvalue weighted by Gasteiger charge is 2.07. The number of rotatable bonds is 3. The fourth-order valence-electron chi connectivity index (χ4n) is 0.624. The van der Waals surface area contributed by atoms with Crippen LogP contribution in [0.25, 0.3) is 0 Å². The van der Waals surface area contributed by atoms with Crippen LogP contribution in [0, 0.1) is 17.8 Å². The first-order valence-corrected chi connectivity index (χ1v) is 3.70. The second-order valence-corrected chi connectivity index (χ2v) is 3.69. The molecule has 0 unspecified atom stereocenters. The lowest BCUT2D eigenvalue weighted by molar-refractivity contribution is 0.383. The van der Waals surface area contributed by atoms with Crippen LogP contribution >= 0.6 is 12.4 Å². The Bertz CT molecular complexity index is 119. The first-order valence-electron chi connectivity index (χ1n) is 3.70. The zero-order valence-electron chi connectivity index (χ0n) is 7.61. The molecule has 1 N–H and O–H groups in total. The van der Waals surface area contributed by atoms with Crippen molar-refractivity contribution in [1.29, 1.82) is 0 Å². The van der Waals surface area contributed by atoms with E-state index in [2.05, 4.69) is 32.0 Å². The van der Waals surface area contributed by atoms with Gasteiger partial charge < -0.3 is 5.32 Å². The summed E-state index contributed by atoms with van der Waals surface area (Å²) in [5, 5.41) is 3.28. The standard InChI is InChI=1S/C9H17N.ClH/c1-5-6-7-10-8-9(2,3)4;/h1,10H,6-8H2,2-4H3;1H. The molecule has 0 rings (SSSR count). The molecular formula is C9H18ClN. The van der Waals surface area contributed by atoms with E-state index in [1.807, 2.05) is 0 Å². The van der Waals surface area contributed by atoms with Crippen molar-refractivity contribution in [3.63, 3.8) is 0 Å². The smallest absolute Gasteiger partial charge is 0.0211 e. The molecule has 0 bridgehead atoms. The van der Waals surface area contributed by atoms with Crippen LogP contribution in [0.2, 0.25) is 0 Å². The SMILES string of the molecule is C#CCCNCC(C)(C)C.Cl. The van der Waals surface area contributed by atoms with E-state index in [0.29, 0.717) is 5.41 Å². The van der Waals surface area contributed by atoms with Crippen LogP contribution in [0.4, 0.5) is 0 Å². The molecule has 0 saturated carbocycles. The van der Waals surface area contributed by atoms with E-state index in [4.69, 9.17) is 6.42 Å². The minimum absolute atomic E-state index is 0. The summed E-state index contributed by atoms with van der Waals surface area (Å²) in [4.78, 5) is 0. The molecule has 0 aliphatic heterocycles. The van der Waals surface area contributed by atoms with E-state index in [9.17, 15) is 0 Å². The molecule has 0 saturated heterocycles. The van der Waals surface area contributed by atoms with Gasteiger partial charge in [-0.3, -0.25) is 0 Å². The molecule has 2 heteroatoms. The average Bonchev–Trinajstić information content (AvgIpc) is 1.78. The van der Waals surface area contributed by atoms with Gasteiger partial charge in [0.1, 0.15) is 0 Å². The van der Waals surface area contributed by atoms with Crippen molar-refractivity contribution in [2.24, 2.45) is 5.41 Å². The van der Waals surface area contributed by atoms with E-state index in [-0.39, 0.29) is 12.4 Å².